The molecule has 204 valence electrons. The molecule has 2 N–H and O–H groups in total. The highest BCUT2D eigenvalue weighted by Gasteiger charge is 2.54. The van der Waals surface area contributed by atoms with Gasteiger partial charge in [-0.1, -0.05) is 36.4 Å². The Morgan fingerprint density at radius 1 is 1.05 bits per heavy atom. The Labute approximate surface area is 229 Å². The summed E-state index contributed by atoms with van der Waals surface area (Å²) in [6.45, 7) is 2.23. The third kappa shape index (κ3) is 2.74. The fourth-order valence-corrected chi connectivity index (χ4v) is 7.70. The van der Waals surface area contributed by atoms with Crippen LogP contribution >= 0.6 is 0 Å². The number of nitrogens with one attached hydrogen (secondary N) is 1. The number of rotatable bonds is 4. The van der Waals surface area contributed by atoms with Crippen molar-refractivity contribution in [1.82, 2.24) is 19.0 Å². The van der Waals surface area contributed by atoms with Crippen LogP contribution in [-0.4, -0.2) is 70.1 Å². The first-order chi connectivity index (χ1) is 19.4. The molecule has 1 fully saturated rings. The van der Waals surface area contributed by atoms with Crippen LogP contribution in [0.25, 0.3) is 54.4 Å². The van der Waals surface area contributed by atoms with E-state index < -0.39 is 11.8 Å². The zero-order valence-corrected chi connectivity index (χ0v) is 22.8. The maximum atomic E-state index is 12.4. The molecule has 0 saturated carbocycles. The van der Waals surface area contributed by atoms with Gasteiger partial charge in [0, 0.05) is 52.7 Å². The van der Waals surface area contributed by atoms with Crippen LogP contribution in [0.3, 0.4) is 0 Å². The van der Waals surface area contributed by atoms with Gasteiger partial charge in [-0.25, -0.2) is 0 Å². The number of nitrogens with zero attached hydrogens (tertiary/aromatic N) is 3. The molecule has 9 heteroatoms. The Hall–Kier alpha value is -4.05. The van der Waals surface area contributed by atoms with E-state index in [-0.39, 0.29) is 30.7 Å². The van der Waals surface area contributed by atoms with E-state index in [1.807, 2.05) is 42.4 Å². The normalized spacial score (nSPS) is 24.3. The maximum absolute atomic E-state index is 12.4. The zero-order chi connectivity index (χ0) is 27.5. The van der Waals surface area contributed by atoms with Crippen LogP contribution in [0, 0.1) is 0 Å². The number of aromatic hydroxyl groups is 1. The van der Waals surface area contributed by atoms with Gasteiger partial charge >= 0.3 is 5.97 Å². The first kappa shape index (κ1) is 23.8. The molecule has 0 spiro atoms. The summed E-state index contributed by atoms with van der Waals surface area (Å²) < 4.78 is 23.1. The van der Waals surface area contributed by atoms with Crippen LogP contribution in [0.15, 0.2) is 54.7 Å². The van der Waals surface area contributed by atoms with Gasteiger partial charge in [-0.15, -0.1) is 0 Å². The van der Waals surface area contributed by atoms with Crippen molar-refractivity contribution < 1.29 is 24.1 Å². The van der Waals surface area contributed by atoms with Gasteiger partial charge in [0.2, 0.25) is 0 Å². The number of benzene rings is 3. The second kappa shape index (κ2) is 8.00. The van der Waals surface area contributed by atoms with Gasteiger partial charge in [-0.05, 0) is 26.1 Å². The molecule has 2 aliphatic rings. The van der Waals surface area contributed by atoms with Crippen LogP contribution in [0.1, 0.15) is 19.6 Å². The van der Waals surface area contributed by atoms with Gasteiger partial charge < -0.3 is 33.4 Å². The lowest BCUT2D eigenvalue weighted by Gasteiger charge is -2.50. The highest BCUT2D eigenvalue weighted by atomic mass is 16.6. The number of esters is 1. The molecule has 0 radical (unpaired) electrons. The molecule has 0 amide bonds. The Balaban J connectivity index is 1.59. The van der Waals surface area contributed by atoms with Crippen LogP contribution in [0.4, 0.5) is 0 Å². The Morgan fingerprint density at radius 2 is 1.75 bits per heavy atom. The molecule has 0 aliphatic carbocycles. The fraction of sp³-hybridized carbons (Fsp3) is 0.323. The van der Waals surface area contributed by atoms with E-state index in [1.54, 1.807) is 7.11 Å². The van der Waals surface area contributed by atoms with Gasteiger partial charge in [0.15, 0.2) is 11.6 Å². The SMILES string of the molecule is COC(=O)CN(C)[C@H]1C[C@@H]2O[C@](C)([C@H]1OC)n1c3ccccc3c3c4c[nH]c(O)c4c4c5ccccc5n2c4c31. The lowest BCUT2D eigenvalue weighted by atomic mass is 9.91. The molecule has 1 saturated heterocycles. The molecule has 3 aromatic heterocycles. The first-order valence-corrected chi connectivity index (χ1v) is 13.5. The lowest BCUT2D eigenvalue weighted by molar-refractivity contribution is -0.267. The van der Waals surface area contributed by atoms with E-state index in [4.69, 9.17) is 14.2 Å². The average Bonchev–Trinajstić information content (AvgIpc) is 3.60. The van der Waals surface area contributed by atoms with Crippen molar-refractivity contribution in [3.63, 3.8) is 0 Å². The largest absolute Gasteiger partial charge is 0.494 e. The van der Waals surface area contributed by atoms with E-state index in [9.17, 15) is 9.90 Å². The highest BCUT2D eigenvalue weighted by molar-refractivity contribution is 6.36. The highest BCUT2D eigenvalue weighted by Crippen LogP contribution is 2.55. The van der Waals surface area contributed by atoms with Gasteiger partial charge in [-0.3, -0.25) is 9.69 Å². The van der Waals surface area contributed by atoms with Crippen LogP contribution in [-0.2, 0) is 24.7 Å². The van der Waals surface area contributed by atoms with E-state index in [2.05, 4.69) is 45.3 Å². The molecule has 3 aromatic carbocycles. The smallest absolute Gasteiger partial charge is 0.319 e. The molecule has 9 nitrogen and oxygen atoms in total. The van der Waals surface area contributed by atoms with Gasteiger partial charge in [0.25, 0.3) is 0 Å². The number of aromatic amines is 1. The van der Waals surface area contributed by atoms with Crippen molar-refractivity contribution in [3.05, 3.63) is 54.7 Å². The first-order valence-electron chi connectivity index (χ1n) is 13.5. The summed E-state index contributed by atoms with van der Waals surface area (Å²) in [5.74, 6) is -0.144. The topological polar surface area (TPSA) is 93.9 Å². The van der Waals surface area contributed by atoms with Crippen molar-refractivity contribution in [3.8, 4) is 5.88 Å². The Morgan fingerprint density at radius 3 is 2.48 bits per heavy atom. The second-order valence-corrected chi connectivity index (χ2v) is 11.2. The third-order valence-electron chi connectivity index (χ3n) is 9.24. The standard InChI is InChI=1S/C31H30N4O5/c1-31-29(39-4)21(33(2)15-23(36)38-3)13-22(40-31)34-19-11-7-5-9-16(19)25-26-18(14-32-30(26)37)24-17-10-6-8-12-20(17)35(31)28(24)27(25)34/h5-12,14,21-22,29,32,37H,13,15H2,1-4H3/t21-,22-,29-,31+/m0/s1. The van der Waals surface area contributed by atoms with E-state index >= 15 is 0 Å². The van der Waals surface area contributed by atoms with Crippen molar-refractivity contribution in [2.75, 3.05) is 27.8 Å². The number of aromatic nitrogens is 3. The Bertz CT molecular complexity index is 2020. The minimum atomic E-state index is -0.923. The second-order valence-electron chi connectivity index (χ2n) is 11.2. The zero-order valence-electron chi connectivity index (χ0n) is 22.8. The number of fused-ring (bicyclic) bond motifs is 13. The van der Waals surface area contributed by atoms with E-state index in [0.29, 0.717) is 6.42 Å². The molecule has 2 aliphatic heterocycles. The van der Waals surface area contributed by atoms with Crippen molar-refractivity contribution >= 4 is 60.4 Å². The summed E-state index contributed by atoms with van der Waals surface area (Å²) in [5, 5.41) is 17.1. The summed E-state index contributed by atoms with van der Waals surface area (Å²) in [6.07, 6.45) is 1.74. The maximum Gasteiger partial charge on any atom is 0.319 e. The number of H-pyrrole nitrogens is 1. The number of para-hydroxylation sites is 2. The molecular formula is C31H30N4O5. The summed E-state index contributed by atoms with van der Waals surface area (Å²) in [7, 11) is 5.07. The molecule has 40 heavy (non-hydrogen) atoms. The quantitative estimate of drug-likeness (QED) is 0.300. The number of carbonyl (C=O) groups excluding carboxylic acids is 1. The average molecular weight is 539 g/mol. The molecule has 2 bridgehead atoms. The number of hydrogen-bond donors (Lipinski definition) is 2. The monoisotopic (exact) mass is 538 g/mol. The number of hydrogen-bond acceptors (Lipinski definition) is 6. The minimum absolute atomic E-state index is 0.137. The minimum Gasteiger partial charge on any atom is -0.494 e. The third-order valence-corrected chi connectivity index (χ3v) is 9.24. The summed E-state index contributed by atoms with van der Waals surface area (Å²) in [4.78, 5) is 17.5. The van der Waals surface area contributed by atoms with Crippen LogP contribution in [0.2, 0.25) is 0 Å². The predicted molar refractivity (Wildman–Crippen MR) is 154 cm³/mol. The van der Waals surface area contributed by atoms with Crippen LogP contribution < -0.4 is 0 Å². The molecule has 8 rings (SSSR count). The number of ether oxygens (including phenoxy) is 3. The molecular weight excluding hydrogens is 508 g/mol. The fourth-order valence-electron chi connectivity index (χ4n) is 7.70. The molecule has 5 heterocycles. The summed E-state index contributed by atoms with van der Waals surface area (Å²) >= 11 is 0. The molecule has 6 aromatic rings. The van der Waals surface area contributed by atoms with Gasteiger partial charge in [0.05, 0.1) is 41.1 Å². The molecule has 0 unspecified atom stereocenters. The van der Waals surface area contributed by atoms with Crippen molar-refractivity contribution in [2.45, 2.75) is 37.4 Å². The summed E-state index contributed by atoms with van der Waals surface area (Å²) in [5.41, 5.74) is 3.19. The predicted octanol–water partition coefficient (Wildman–Crippen LogP) is 5.18. The molecule has 4 atom stereocenters. The van der Waals surface area contributed by atoms with Gasteiger partial charge in [-0.2, -0.15) is 0 Å². The van der Waals surface area contributed by atoms with E-state index in [0.717, 1.165) is 54.4 Å². The van der Waals surface area contributed by atoms with Crippen molar-refractivity contribution in [2.24, 2.45) is 0 Å². The number of methoxy groups -OCH3 is 2. The van der Waals surface area contributed by atoms with E-state index in [1.165, 1.54) is 7.11 Å². The summed E-state index contributed by atoms with van der Waals surface area (Å²) in [6, 6.07) is 16.5. The van der Waals surface area contributed by atoms with Crippen LogP contribution in [0.5, 0.6) is 5.88 Å². The van der Waals surface area contributed by atoms with Gasteiger partial charge in [0.1, 0.15) is 12.3 Å². The number of carbonyl (C=O) groups is 1. The Kier molecular flexibility index (Phi) is 4.76. The lowest BCUT2D eigenvalue weighted by Crippen LogP contribution is -2.61. The number of likely N-dealkylation sites (N-methyl/N-ethyl adjacent to an activating group) is 1. The van der Waals surface area contributed by atoms with Crippen molar-refractivity contribution in [1.29, 1.82) is 0 Å².